The van der Waals surface area contributed by atoms with Crippen molar-refractivity contribution in [1.29, 1.82) is 0 Å². The minimum atomic E-state index is -1.67. The Balaban J connectivity index is 2.52. The van der Waals surface area contributed by atoms with Crippen LogP contribution in [0.5, 0.6) is 5.75 Å². The molecule has 3 N–H and O–H groups in total. The van der Waals surface area contributed by atoms with E-state index in [4.69, 9.17) is 11.6 Å². The third kappa shape index (κ3) is 2.72. The molecular formula is C21H20ClNO5. The van der Waals surface area contributed by atoms with Gasteiger partial charge in [-0.15, -0.1) is 0 Å². The van der Waals surface area contributed by atoms with Gasteiger partial charge in [-0.2, -0.15) is 0 Å². The van der Waals surface area contributed by atoms with E-state index < -0.39 is 17.4 Å². The molecule has 0 bridgehead atoms. The van der Waals surface area contributed by atoms with E-state index in [2.05, 4.69) is 0 Å². The van der Waals surface area contributed by atoms with Crippen molar-refractivity contribution >= 4 is 34.4 Å². The summed E-state index contributed by atoms with van der Waals surface area (Å²) in [7, 11) is 0. The third-order valence-electron chi connectivity index (χ3n) is 5.34. The number of aromatic nitrogens is 1. The second kappa shape index (κ2) is 6.87. The lowest BCUT2D eigenvalue weighted by Gasteiger charge is -2.28. The molecule has 6 nitrogen and oxygen atoms in total. The molecule has 3 aromatic rings. The number of halogens is 1. The molecule has 0 amide bonds. The van der Waals surface area contributed by atoms with Crippen LogP contribution in [-0.4, -0.2) is 31.8 Å². The first kappa shape index (κ1) is 19.8. The van der Waals surface area contributed by atoms with Crippen LogP contribution in [0.1, 0.15) is 41.0 Å². The fourth-order valence-corrected chi connectivity index (χ4v) is 4.19. The fourth-order valence-electron chi connectivity index (χ4n) is 3.88. The van der Waals surface area contributed by atoms with E-state index in [0.717, 1.165) is 0 Å². The number of rotatable bonds is 5. The van der Waals surface area contributed by atoms with Crippen LogP contribution in [0.2, 0.25) is 5.02 Å². The highest BCUT2D eigenvalue weighted by atomic mass is 35.5. The summed E-state index contributed by atoms with van der Waals surface area (Å²) in [4.78, 5) is 24.5. The minimum Gasteiger partial charge on any atom is -0.508 e. The highest BCUT2D eigenvalue weighted by Gasteiger charge is 2.42. The van der Waals surface area contributed by atoms with Crippen molar-refractivity contribution in [3.8, 4) is 5.75 Å². The Labute approximate surface area is 166 Å². The van der Waals surface area contributed by atoms with Gasteiger partial charge in [0.2, 0.25) is 0 Å². The Hall–Kier alpha value is -2.99. The van der Waals surface area contributed by atoms with Gasteiger partial charge in [-0.05, 0) is 56.2 Å². The summed E-state index contributed by atoms with van der Waals surface area (Å²) in [5, 5.41) is 30.5. The molecular weight excluding hydrogens is 382 g/mol. The monoisotopic (exact) mass is 401 g/mol. The Bertz CT molecular complexity index is 1120. The van der Waals surface area contributed by atoms with E-state index in [9.17, 15) is 24.9 Å². The summed E-state index contributed by atoms with van der Waals surface area (Å²) in [6.45, 7) is 5.61. The number of nitrogens with zero attached hydrogens (tertiary/aromatic N) is 1. The van der Waals surface area contributed by atoms with Crippen LogP contribution >= 0.6 is 11.6 Å². The van der Waals surface area contributed by atoms with Gasteiger partial charge >= 0.3 is 11.9 Å². The normalized spacial score (nSPS) is 13.4. The van der Waals surface area contributed by atoms with Gasteiger partial charge in [-0.3, -0.25) is 4.79 Å². The molecule has 1 heterocycles. The zero-order valence-corrected chi connectivity index (χ0v) is 16.4. The molecule has 0 radical (unpaired) electrons. The number of aliphatic carboxylic acids is 1. The fraction of sp³-hybridized carbons (Fsp3) is 0.238. The van der Waals surface area contributed by atoms with Crippen molar-refractivity contribution in [1.82, 2.24) is 4.57 Å². The number of aromatic carboxylic acids is 1. The predicted octanol–water partition coefficient (Wildman–Crippen LogP) is 4.42. The minimum absolute atomic E-state index is 0.0659. The number of carboxylic acid groups (broad SMARTS) is 2. The molecule has 0 aliphatic heterocycles. The van der Waals surface area contributed by atoms with E-state index in [1.807, 2.05) is 11.5 Å². The summed E-state index contributed by atoms with van der Waals surface area (Å²) >= 11 is 6.30. The van der Waals surface area contributed by atoms with E-state index in [0.29, 0.717) is 28.7 Å². The van der Waals surface area contributed by atoms with Crippen molar-refractivity contribution in [3.05, 3.63) is 63.8 Å². The molecule has 1 aromatic heterocycles. The maximum Gasteiger partial charge on any atom is 0.338 e. The lowest BCUT2D eigenvalue weighted by Crippen LogP contribution is -2.34. The lowest BCUT2D eigenvalue weighted by molar-refractivity contribution is -0.141. The number of carbonyl (C=O) groups is 2. The molecule has 0 fully saturated rings. The second-order valence-electron chi connectivity index (χ2n) is 6.80. The number of hydrogen-bond acceptors (Lipinski definition) is 3. The largest absolute Gasteiger partial charge is 0.508 e. The summed E-state index contributed by atoms with van der Waals surface area (Å²) < 4.78 is 1.84. The Morgan fingerprint density at radius 1 is 1.14 bits per heavy atom. The topological polar surface area (TPSA) is 99.8 Å². The first-order valence-electron chi connectivity index (χ1n) is 8.72. The molecule has 0 saturated heterocycles. The van der Waals surface area contributed by atoms with Crippen molar-refractivity contribution in [2.45, 2.75) is 32.7 Å². The average molecular weight is 402 g/mol. The molecule has 0 aliphatic rings. The zero-order chi connectivity index (χ0) is 20.8. The molecule has 7 heteroatoms. The number of carboxylic acids is 2. The first-order chi connectivity index (χ1) is 13.1. The van der Waals surface area contributed by atoms with Gasteiger partial charge in [0.1, 0.15) is 11.2 Å². The first-order valence-corrected chi connectivity index (χ1v) is 9.10. The molecule has 1 unspecified atom stereocenters. The van der Waals surface area contributed by atoms with E-state index in [-0.39, 0.29) is 21.9 Å². The summed E-state index contributed by atoms with van der Waals surface area (Å²) in [5.41, 5.74) is 0.0680. The van der Waals surface area contributed by atoms with Gasteiger partial charge in [0.25, 0.3) is 0 Å². The SMILES string of the molecule is CCn1c(C)c(C(=O)O)c2c(C(C)(C(=O)O)c3cc(O)ccc3Cl)cccc21. The molecule has 3 rings (SSSR count). The van der Waals surface area contributed by atoms with Crippen LogP contribution in [0, 0.1) is 6.92 Å². The quantitative estimate of drug-likeness (QED) is 0.587. The highest BCUT2D eigenvalue weighted by molar-refractivity contribution is 6.32. The molecule has 28 heavy (non-hydrogen) atoms. The summed E-state index contributed by atoms with van der Waals surface area (Å²) in [6, 6.07) is 9.17. The van der Waals surface area contributed by atoms with Crippen LogP contribution in [0.25, 0.3) is 10.9 Å². The maximum absolute atomic E-state index is 12.5. The van der Waals surface area contributed by atoms with Crippen molar-refractivity contribution in [2.75, 3.05) is 0 Å². The van der Waals surface area contributed by atoms with Crippen LogP contribution in [-0.2, 0) is 16.8 Å². The standard InChI is InChI=1S/C21H20ClNO5/c1-4-23-11(2)17(19(25)26)18-13(6-5-7-16(18)23)21(3,20(27)28)14-10-12(24)8-9-15(14)22/h5-10,24H,4H2,1-3H3,(H,25,26)(H,27,28). The van der Waals surface area contributed by atoms with Gasteiger partial charge in [0.05, 0.1) is 5.56 Å². The number of phenolic OH excluding ortho intramolecular Hbond substituents is 1. The van der Waals surface area contributed by atoms with Crippen LogP contribution < -0.4 is 0 Å². The number of aromatic hydroxyl groups is 1. The highest BCUT2D eigenvalue weighted by Crippen LogP contribution is 2.43. The van der Waals surface area contributed by atoms with Crippen LogP contribution in [0.3, 0.4) is 0 Å². The molecule has 1 atom stereocenters. The number of phenols is 1. The van der Waals surface area contributed by atoms with Crippen molar-refractivity contribution < 1.29 is 24.9 Å². The third-order valence-corrected chi connectivity index (χ3v) is 5.66. The Morgan fingerprint density at radius 3 is 2.39 bits per heavy atom. The number of benzene rings is 2. The molecule has 146 valence electrons. The summed E-state index contributed by atoms with van der Waals surface area (Å²) in [6.07, 6.45) is 0. The van der Waals surface area contributed by atoms with Crippen LogP contribution in [0.15, 0.2) is 36.4 Å². The number of fused-ring (bicyclic) bond motifs is 1. The predicted molar refractivity (Wildman–Crippen MR) is 107 cm³/mol. The second-order valence-corrected chi connectivity index (χ2v) is 7.21. The van der Waals surface area contributed by atoms with Crippen molar-refractivity contribution in [3.63, 3.8) is 0 Å². The van der Waals surface area contributed by atoms with Gasteiger partial charge in [-0.25, -0.2) is 4.79 Å². The maximum atomic E-state index is 12.5. The number of hydrogen-bond donors (Lipinski definition) is 3. The zero-order valence-electron chi connectivity index (χ0n) is 15.7. The smallest absolute Gasteiger partial charge is 0.338 e. The Morgan fingerprint density at radius 2 is 1.82 bits per heavy atom. The van der Waals surface area contributed by atoms with E-state index >= 15 is 0 Å². The van der Waals surface area contributed by atoms with Gasteiger partial charge in [-0.1, -0.05) is 23.7 Å². The van der Waals surface area contributed by atoms with Gasteiger partial charge in [0, 0.05) is 28.2 Å². The van der Waals surface area contributed by atoms with Gasteiger partial charge in [0.15, 0.2) is 0 Å². The number of aryl methyl sites for hydroxylation is 1. The van der Waals surface area contributed by atoms with Gasteiger partial charge < -0.3 is 19.9 Å². The van der Waals surface area contributed by atoms with Crippen LogP contribution in [0.4, 0.5) is 0 Å². The van der Waals surface area contributed by atoms with Crippen molar-refractivity contribution in [2.24, 2.45) is 0 Å². The summed E-state index contributed by atoms with van der Waals surface area (Å²) in [5.74, 6) is -2.46. The van der Waals surface area contributed by atoms with E-state index in [1.54, 1.807) is 25.1 Å². The lowest BCUT2D eigenvalue weighted by atomic mass is 9.74. The molecule has 0 saturated carbocycles. The average Bonchev–Trinajstić information content (AvgIpc) is 2.94. The molecule has 0 aliphatic carbocycles. The Kier molecular flexibility index (Phi) is 4.85. The molecule has 0 spiro atoms. The molecule has 2 aromatic carbocycles. The van der Waals surface area contributed by atoms with E-state index in [1.165, 1.54) is 25.1 Å².